The van der Waals surface area contributed by atoms with E-state index in [9.17, 15) is 4.79 Å². The molecule has 1 aromatic carbocycles. The number of hydrogen-bond donors (Lipinski definition) is 2. The summed E-state index contributed by atoms with van der Waals surface area (Å²) < 4.78 is 0.976. The second-order valence-corrected chi connectivity index (χ2v) is 4.94. The van der Waals surface area contributed by atoms with Gasteiger partial charge in [0.2, 0.25) is 5.91 Å². The van der Waals surface area contributed by atoms with Crippen LogP contribution in [0, 0.1) is 0 Å². The number of nitrogens with zero attached hydrogens (tertiary/aromatic N) is 1. The van der Waals surface area contributed by atoms with Crippen molar-refractivity contribution < 1.29 is 9.90 Å². The fourth-order valence-electron chi connectivity index (χ4n) is 1.70. The van der Waals surface area contributed by atoms with Crippen molar-refractivity contribution in [1.82, 2.24) is 4.90 Å². The van der Waals surface area contributed by atoms with E-state index in [-0.39, 0.29) is 18.6 Å². The predicted molar refractivity (Wildman–Crippen MR) is 76.6 cm³/mol. The van der Waals surface area contributed by atoms with Crippen LogP contribution in [0.2, 0.25) is 0 Å². The molecule has 1 atom stereocenters. The lowest BCUT2D eigenvalue weighted by atomic mass is 10.2. The molecule has 0 spiro atoms. The summed E-state index contributed by atoms with van der Waals surface area (Å²) in [5.74, 6) is -0.0624. The first kappa shape index (κ1) is 15.1. The number of hydrogen-bond acceptors (Lipinski definition) is 3. The molecule has 4 nitrogen and oxygen atoms in total. The average molecular weight is 315 g/mol. The Balaban J connectivity index is 2.61. The molecule has 18 heavy (non-hydrogen) atoms. The van der Waals surface area contributed by atoms with Crippen LogP contribution in [0.3, 0.4) is 0 Å². The van der Waals surface area contributed by atoms with E-state index < -0.39 is 0 Å². The lowest BCUT2D eigenvalue weighted by Gasteiger charge is -2.25. The number of likely N-dealkylation sites (N-methyl/N-ethyl adjacent to an activating group) is 1. The summed E-state index contributed by atoms with van der Waals surface area (Å²) in [6.45, 7) is 5.11. The van der Waals surface area contributed by atoms with Gasteiger partial charge in [-0.1, -0.05) is 22.9 Å². The van der Waals surface area contributed by atoms with Gasteiger partial charge in [-0.2, -0.15) is 0 Å². The number of nitrogens with one attached hydrogen (secondary N) is 1. The van der Waals surface area contributed by atoms with Crippen LogP contribution in [0.15, 0.2) is 28.7 Å². The molecule has 0 bridgehead atoms. The third kappa shape index (κ3) is 4.40. The molecule has 5 heteroatoms. The topological polar surface area (TPSA) is 52.6 Å². The zero-order valence-electron chi connectivity index (χ0n) is 10.7. The maximum Gasteiger partial charge on any atom is 0.241 e. The van der Waals surface area contributed by atoms with Gasteiger partial charge in [0, 0.05) is 16.7 Å². The normalized spacial score (nSPS) is 12.5. The van der Waals surface area contributed by atoms with Crippen LogP contribution < -0.4 is 5.32 Å². The highest BCUT2D eigenvalue weighted by atomic mass is 79.9. The Labute approximate surface area is 116 Å². The number of carbonyl (C=O) groups excluding carboxylic acids is 1. The molecule has 0 aliphatic rings. The van der Waals surface area contributed by atoms with Crippen molar-refractivity contribution >= 4 is 27.5 Å². The molecule has 0 radical (unpaired) electrons. The van der Waals surface area contributed by atoms with Gasteiger partial charge in [0.1, 0.15) is 0 Å². The maximum atomic E-state index is 12.0. The molecule has 1 aromatic rings. The third-order valence-electron chi connectivity index (χ3n) is 2.83. The van der Waals surface area contributed by atoms with Crippen LogP contribution in [0.25, 0.3) is 0 Å². The van der Waals surface area contributed by atoms with E-state index in [1.807, 2.05) is 43.0 Å². The molecular weight excluding hydrogens is 296 g/mol. The highest BCUT2D eigenvalue weighted by molar-refractivity contribution is 9.10. The van der Waals surface area contributed by atoms with Crippen molar-refractivity contribution in [1.29, 1.82) is 0 Å². The fraction of sp³-hybridized carbons (Fsp3) is 0.462. The molecule has 0 aromatic heterocycles. The second-order valence-electron chi connectivity index (χ2n) is 4.02. The molecule has 2 N–H and O–H groups in total. The van der Waals surface area contributed by atoms with E-state index in [0.29, 0.717) is 6.54 Å². The minimum Gasteiger partial charge on any atom is -0.395 e. The van der Waals surface area contributed by atoms with Gasteiger partial charge in [-0.25, -0.2) is 0 Å². The van der Waals surface area contributed by atoms with E-state index in [4.69, 9.17) is 5.11 Å². The number of aliphatic hydroxyl groups is 1. The Morgan fingerprint density at radius 3 is 2.56 bits per heavy atom. The Bertz CT molecular complexity index is 381. The Hall–Kier alpha value is -0.910. The molecule has 0 heterocycles. The summed E-state index contributed by atoms with van der Waals surface area (Å²) in [6.07, 6.45) is 0. The number of amides is 1. The number of halogens is 1. The lowest BCUT2D eigenvalue weighted by molar-refractivity contribution is -0.120. The van der Waals surface area contributed by atoms with Gasteiger partial charge >= 0.3 is 0 Å². The van der Waals surface area contributed by atoms with Gasteiger partial charge in [0.05, 0.1) is 12.6 Å². The van der Waals surface area contributed by atoms with Gasteiger partial charge in [-0.3, -0.25) is 9.69 Å². The summed E-state index contributed by atoms with van der Waals surface area (Å²) in [7, 11) is 0. The van der Waals surface area contributed by atoms with Gasteiger partial charge in [-0.05, 0) is 37.7 Å². The number of carbonyl (C=O) groups is 1. The molecule has 100 valence electrons. The quantitative estimate of drug-likeness (QED) is 0.845. The predicted octanol–water partition coefficient (Wildman–Crippen LogP) is 2.09. The van der Waals surface area contributed by atoms with Gasteiger partial charge < -0.3 is 10.4 Å². The summed E-state index contributed by atoms with van der Waals surface area (Å²) >= 11 is 3.35. The first-order chi connectivity index (χ1) is 8.58. The number of benzene rings is 1. The van der Waals surface area contributed by atoms with Crippen LogP contribution in [0.4, 0.5) is 5.69 Å². The van der Waals surface area contributed by atoms with Gasteiger partial charge in [0.25, 0.3) is 0 Å². The molecule has 0 saturated carbocycles. The number of anilines is 1. The monoisotopic (exact) mass is 314 g/mol. The first-order valence-electron chi connectivity index (χ1n) is 5.99. The zero-order chi connectivity index (χ0) is 13.5. The first-order valence-corrected chi connectivity index (χ1v) is 6.79. The molecular formula is C13H19BrN2O2. The van der Waals surface area contributed by atoms with Gasteiger partial charge in [0.15, 0.2) is 0 Å². The van der Waals surface area contributed by atoms with E-state index in [1.165, 1.54) is 0 Å². The van der Waals surface area contributed by atoms with E-state index >= 15 is 0 Å². The molecule has 1 rings (SSSR count). The van der Waals surface area contributed by atoms with E-state index in [0.717, 1.165) is 16.7 Å². The lowest BCUT2D eigenvalue weighted by Crippen LogP contribution is -2.43. The Morgan fingerprint density at radius 1 is 1.44 bits per heavy atom. The largest absolute Gasteiger partial charge is 0.395 e. The van der Waals surface area contributed by atoms with Gasteiger partial charge in [-0.15, -0.1) is 0 Å². The Morgan fingerprint density at radius 2 is 2.06 bits per heavy atom. The minimum atomic E-state index is -0.259. The van der Waals surface area contributed by atoms with E-state index in [1.54, 1.807) is 0 Å². The SMILES string of the molecule is CCN(CCO)C(C)C(=O)Nc1ccc(Br)cc1. The Kier molecular flexibility index (Phi) is 6.32. The smallest absolute Gasteiger partial charge is 0.241 e. The van der Waals surface area contributed by atoms with Crippen LogP contribution in [0.1, 0.15) is 13.8 Å². The van der Waals surface area contributed by atoms with Crippen molar-refractivity contribution in [2.45, 2.75) is 19.9 Å². The molecule has 0 saturated heterocycles. The molecule has 1 amide bonds. The molecule has 0 aliphatic carbocycles. The van der Waals surface area contributed by atoms with Crippen LogP contribution in [-0.4, -0.2) is 41.7 Å². The number of rotatable bonds is 6. The highest BCUT2D eigenvalue weighted by Gasteiger charge is 2.19. The summed E-state index contributed by atoms with van der Waals surface area (Å²) in [5.41, 5.74) is 0.773. The van der Waals surface area contributed by atoms with E-state index in [2.05, 4.69) is 21.2 Å². The minimum absolute atomic E-state index is 0.0593. The summed E-state index contributed by atoms with van der Waals surface area (Å²) in [4.78, 5) is 14.0. The maximum absolute atomic E-state index is 12.0. The highest BCUT2D eigenvalue weighted by Crippen LogP contribution is 2.14. The van der Waals surface area contributed by atoms with Crippen molar-refractivity contribution in [2.24, 2.45) is 0 Å². The van der Waals surface area contributed by atoms with Crippen LogP contribution >= 0.6 is 15.9 Å². The third-order valence-corrected chi connectivity index (χ3v) is 3.36. The van der Waals surface area contributed by atoms with Crippen LogP contribution in [-0.2, 0) is 4.79 Å². The van der Waals surface area contributed by atoms with Crippen molar-refractivity contribution in [3.8, 4) is 0 Å². The average Bonchev–Trinajstić information content (AvgIpc) is 2.37. The molecule has 0 aliphatic heterocycles. The standard InChI is InChI=1S/C13H19BrN2O2/c1-3-16(8-9-17)10(2)13(18)15-12-6-4-11(14)5-7-12/h4-7,10,17H,3,8-9H2,1-2H3,(H,15,18). The summed E-state index contributed by atoms with van der Waals surface area (Å²) in [5, 5.41) is 11.8. The molecule has 0 fully saturated rings. The fourth-order valence-corrected chi connectivity index (χ4v) is 1.96. The van der Waals surface area contributed by atoms with Crippen molar-refractivity contribution in [3.05, 3.63) is 28.7 Å². The van der Waals surface area contributed by atoms with Crippen molar-refractivity contribution in [2.75, 3.05) is 25.0 Å². The van der Waals surface area contributed by atoms with Crippen LogP contribution in [0.5, 0.6) is 0 Å². The van der Waals surface area contributed by atoms with Crippen molar-refractivity contribution in [3.63, 3.8) is 0 Å². The summed E-state index contributed by atoms with van der Waals surface area (Å²) in [6, 6.07) is 7.19. The zero-order valence-corrected chi connectivity index (χ0v) is 12.3. The number of aliphatic hydroxyl groups excluding tert-OH is 1. The second kappa shape index (κ2) is 7.51. The molecule has 1 unspecified atom stereocenters.